The molecule has 0 atom stereocenters. The molecule has 13 aromatic rings. The number of nitrogens with zero attached hydrogens (tertiary/aromatic N) is 15. The molecule has 0 unspecified atom stereocenters. The fourth-order valence-electron chi connectivity index (χ4n) is 10.1. The van der Waals surface area contributed by atoms with Crippen LogP contribution in [0.15, 0.2) is 239 Å². The number of halogens is 8. The lowest BCUT2D eigenvalue weighted by Crippen LogP contribution is -1.93. The zero-order valence-corrected chi connectivity index (χ0v) is 84.4. The van der Waals surface area contributed by atoms with E-state index in [9.17, 15) is 8.78 Å². The van der Waals surface area contributed by atoms with Crippen molar-refractivity contribution in [3.05, 3.63) is 360 Å². The molecule has 4 N–H and O–H groups in total. The van der Waals surface area contributed by atoms with Crippen LogP contribution in [0.25, 0.3) is 0 Å². The maximum absolute atomic E-state index is 12.5. The molecule has 0 aliphatic carbocycles. The van der Waals surface area contributed by atoms with Gasteiger partial charge in [0.2, 0.25) is 5.95 Å². The van der Waals surface area contributed by atoms with Crippen LogP contribution in [0.5, 0.6) is 0 Å². The number of hydrogen-bond acceptors (Lipinski definition) is 17. The van der Waals surface area contributed by atoms with Gasteiger partial charge in [0.15, 0.2) is 0 Å². The van der Waals surface area contributed by atoms with E-state index in [1.54, 1.807) is 80.3 Å². The molecule has 690 valence electrons. The Morgan fingerprint density at radius 1 is 0.258 bits per heavy atom. The molecule has 0 bridgehead atoms. The summed E-state index contributed by atoms with van der Waals surface area (Å²) >= 11 is 34.4. The summed E-state index contributed by atoms with van der Waals surface area (Å²) < 4.78 is 24.7. The molecule has 13 heterocycles. The van der Waals surface area contributed by atoms with Gasteiger partial charge in [0.05, 0.1) is 11.9 Å². The lowest BCUT2D eigenvalue weighted by atomic mass is 10.0. The van der Waals surface area contributed by atoms with Gasteiger partial charge < -0.3 is 11.5 Å². The Balaban J connectivity index is 0.000000694. The van der Waals surface area contributed by atoms with Crippen LogP contribution in [0.3, 0.4) is 0 Å². The van der Waals surface area contributed by atoms with Crippen molar-refractivity contribution in [2.45, 2.75) is 264 Å². The Hall–Kier alpha value is -9.99. The minimum absolute atomic E-state index is 0.258. The van der Waals surface area contributed by atoms with E-state index in [0.29, 0.717) is 119 Å². The number of rotatable bonds is 13. The van der Waals surface area contributed by atoms with E-state index in [-0.39, 0.29) is 5.82 Å². The summed E-state index contributed by atoms with van der Waals surface area (Å²) in [5.74, 6) is 6.97. The van der Waals surface area contributed by atoms with Crippen molar-refractivity contribution in [1.82, 2.24) is 74.8 Å². The molecule has 0 radical (unpaired) electrons. The first-order valence-electron chi connectivity index (χ1n) is 43.1. The van der Waals surface area contributed by atoms with Crippen molar-refractivity contribution in [3.63, 3.8) is 0 Å². The molecule has 25 heteroatoms. The van der Waals surface area contributed by atoms with Gasteiger partial charge in [-0.05, 0) is 235 Å². The van der Waals surface area contributed by atoms with Crippen LogP contribution in [0.2, 0.25) is 30.8 Å². The first-order chi connectivity index (χ1) is 60.4. The smallest absolute Gasteiger partial charge is 0.212 e. The Bertz CT molecular complexity index is 4580. The number of aryl methyl sites for hydroxylation is 1. The summed E-state index contributed by atoms with van der Waals surface area (Å²) in [5, 5.41) is 3.27. The topological polar surface area (TPSA) is 245 Å². The molecule has 13 rings (SSSR count). The number of nitrogens with two attached hydrogens (primary N) is 2. The van der Waals surface area contributed by atoms with E-state index < -0.39 is 5.95 Å². The third-order valence-electron chi connectivity index (χ3n) is 18.4. The fourth-order valence-corrected chi connectivity index (χ4v) is 11.7. The molecule has 0 fully saturated rings. The molecule has 17 nitrogen and oxygen atoms in total. The zero-order chi connectivity index (χ0) is 96.5. The van der Waals surface area contributed by atoms with Crippen molar-refractivity contribution in [3.8, 4) is 0 Å². The lowest BCUT2D eigenvalue weighted by molar-refractivity contribution is 0.581. The zero-order valence-electron chi connectivity index (χ0n) is 79.9. The highest BCUT2D eigenvalue weighted by Crippen LogP contribution is 2.28. The third-order valence-corrected chi connectivity index (χ3v) is 20.0. The molecule has 0 aromatic carbocycles. The summed E-state index contributed by atoms with van der Waals surface area (Å²) in [6.07, 6.45) is 34.8. The second kappa shape index (κ2) is 65.5. The van der Waals surface area contributed by atoms with Gasteiger partial charge in [0, 0.05) is 117 Å². The van der Waals surface area contributed by atoms with Gasteiger partial charge in [0.25, 0.3) is 0 Å². The van der Waals surface area contributed by atoms with Crippen LogP contribution >= 0.6 is 69.6 Å². The van der Waals surface area contributed by atoms with Gasteiger partial charge in [-0.2, -0.15) is 4.39 Å². The molecular weight excluding hydrogens is 1730 g/mol. The van der Waals surface area contributed by atoms with Crippen LogP contribution in [0.4, 0.5) is 20.4 Å². The minimum Gasteiger partial charge on any atom is -0.384 e. The fraction of sp³-hybridized carbons (Fsp3) is 0.388. The summed E-state index contributed by atoms with van der Waals surface area (Å²) in [5.41, 5.74) is 27.4. The molecule has 0 amide bonds. The number of anilines is 2. The van der Waals surface area contributed by atoms with Gasteiger partial charge >= 0.3 is 0 Å². The quantitative estimate of drug-likeness (QED) is 0.102. The van der Waals surface area contributed by atoms with Crippen LogP contribution in [0.1, 0.15) is 335 Å². The first-order valence-corrected chi connectivity index (χ1v) is 45.3. The van der Waals surface area contributed by atoms with Gasteiger partial charge in [-0.3, -0.25) is 29.9 Å². The van der Waals surface area contributed by atoms with Crippen LogP contribution in [-0.4, -0.2) is 74.8 Å². The normalized spacial score (nSPS) is 10.3. The maximum Gasteiger partial charge on any atom is 0.212 e. The molecule has 128 heavy (non-hydrogen) atoms. The van der Waals surface area contributed by atoms with Gasteiger partial charge in [-0.1, -0.05) is 286 Å². The van der Waals surface area contributed by atoms with E-state index in [4.69, 9.17) is 81.1 Å². The van der Waals surface area contributed by atoms with Gasteiger partial charge in [-0.15, -0.1) is 0 Å². The SMILES string of the molecule is CC(C)c1ccc(Cl)nc1.CC(C)c1ccc(Cl)nc1Cl.CC(C)c1ccc(F)nc1.CC(C)c1ccc(N)nc1.CC(C)c1cccnc1.CC(C)c1cccnc1Cl.CC(C)c1ccnc(N)c1.CC(C)c1ccncc1.CC(C)c1cnc(Cl)cc1Cl.CC(C)c1cncc(F)c1.CC(C)c1cnccn1.CC(C)c1cncnc1.Cc1ccncc1C(C)C. The van der Waals surface area contributed by atoms with Crippen molar-refractivity contribution in [2.75, 3.05) is 11.5 Å². The summed E-state index contributed by atoms with van der Waals surface area (Å²) in [6, 6.07) is 35.6. The highest BCUT2D eigenvalue weighted by atomic mass is 35.5. The average molecular weight is 1860 g/mol. The third kappa shape index (κ3) is 51.9. The van der Waals surface area contributed by atoms with Crippen LogP contribution in [0, 0.1) is 18.7 Å². The average Bonchev–Trinajstić information content (AvgIpc) is 0.874. The predicted molar refractivity (Wildman–Crippen MR) is 537 cm³/mol. The summed E-state index contributed by atoms with van der Waals surface area (Å²) in [7, 11) is 0. The highest BCUT2D eigenvalue weighted by molar-refractivity contribution is 6.34. The van der Waals surface area contributed by atoms with E-state index >= 15 is 0 Å². The molecule has 0 spiro atoms. The van der Waals surface area contributed by atoms with E-state index in [1.165, 1.54) is 62.8 Å². The number of nitrogen functional groups attached to an aromatic ring is 2. The summed E-state index contributed by atoms with van der Waals surface area (Å²) in [4.78, 5) is 58.8. The second-order valence-electron chi connectivity index (χ2n) is 33.3. The molecule has 0 aliphatic heterocycles. The van der Waals surface area contributed by atoms with Crippen LogP contribution < -0.4 is 11.5 Å². The monoisotopic (exact) mass is 1860 g/mol. The minimum atomic E-state index is -0.413. The molecule has 0 aliphatic rings. The molecule has 13 aromatic heterocycles. The van der Waals surface area contributed by atoms with E-state index in [1.807, 2.05) is 142 Å². The van der Waals surface area contributed by atoms with Crippen LogP contribution in [-0.2, 0) is 0 Å². The number of hydrogen-bond donors (Lipinski definition) is 2. The van der Waals surface area contributed by atoms with E-state index in [2.05, 4.69) is 260 Å². The Kier molecular flexibility index (Phi) is 59.4. The standard InChI is InChI=1S/C9H13N.2C8H9Cl2N.2C8H10ClN.2C8H10FN.2C8H12N2.2C8H11N.2C7H10N2/c1-7(2)9-6-10-5-4-8(9)3;1-5(2)6-4-11-8(10)3-7(6)9;1-5(2)6-3-4-7(9)11-8(6)10;1-6(2)7-3-4-8(9)10-5-7;1-6(2)7-4-3-5-10-8(7)9;1-6(2)7-3-8(9)5-10-4-7;1-6(2)7-3-4-8(9)10-5-7;1-6(2)7-3-4-10-8(9)5-7;1-6(2)7-3-4-8(9)10-5-7;1-7(2)8-3-5-9-6-4-8;1-7(2)8-4-3-5-9-6-8;1-6(2)7-3-8-5-9-4-7;1-6(2)7-5-8-3-4-9-7/h4-7H,1-3H3;2*3-5H,1-2H3;4*3-6H,1-2H3;2*3-6H,1-2H3,(H2,9,10);2*3-7H,1-2H3;2*3-6H,1-2H3. The van der Waals surface area contributed by atoms with Crippen molar-refractivity contribution in [1.29, 1.82) is 0 Å². The van der Waals surface area contributed by atoms with Gasteiger partial charge in [0.1, 0.15) is 49.5 Å². The number of aromatic nitrogens is 15. The highest BCUT2D eigenvalue weighted by Gasteiger charge is 2.10. The molecule has 0 saturated heterocycles. The second-order valence-corrected chi connectivity index (χ2v) is 35.6. The van der Waals surface area contributed by atoms with Gasteiger partial charge in [-0.25, -0.2) is 49.2 Å². The Morgan fingerprint density at radius 3 is 1.10 bits per heavy atom. The first kappa shape index (κ1) is 116. The molecule has 0 saturated carbocycles. The van der Waals surface area contributed by atoms with E-state index in [0.717, 1.165) is 33.5 Å². The lowest BCUT2D eigenvalue weighted by Gasteiger charge is -2.06. The largest absolute Gasteiger partial charge is 0.384 e. The van der Waals surface area contributed by atoms with Crippen molar-refractivity contribution < 1.29 is 8.78 Å². The Morgan fingerprint density at radius 2 is 0.727 bits per heavy atom. The summed E-state index contributed by atoms with van der Waals surface area (Å²) in [6.45, 7) is 57.0. The molecular formula is C103H137Cl6F2N17. The maximum atomic E-state index is 12.5. The predicted octanol–water partition coefficient (Wildman–Crippen LogP) is 31.1. The Labute approximate surface area is 794 Å². The van der Waals surface area contributed by atoms with Crippen molar-refractivity contribution in [2.24, 2.45) is 0 Å². The van der Waals surface area contributed by atoms with Crippen molar-refractivity contribution >= 4 is 81.2 Å². The number of pyridine rings is 11.